The average molecular weight is 440 g/mol. The summed E-state index contributed by atoms with van der Waals surface area (Å²) in [7, 11) is 0. The van der Waals surface area contributed by atoms with E-state index < -0.39 is 28.4 Å². The van der Waals surface area contributed by atoms with E-state index in [1.165, 1.54) is 54.6 Å². The molecule has 31 heavy (non-hydrogen) atoms. The van der Waals surface area contributed by atoms with Crippen LogP contribution in [0, 0.1) is 17.0 Å². The van der Waals surface area contributed by atoms with Crippen LogP contribution in [-0.2, 0) is 9.59 Å². The quantitative estimate of drug-likeness (QED) is 0.212. The van der Waals surface area contributed by atoms with Crippen molar-refractivity contribution in [2.75, 3.05) is 4.90 Å². The lowest BCUT2D eigenvalue weighted by Gasteiger charge is -2.22. The third-order valence-corrected chi connectivity index (χ3v) is 5.10. The van der Waals surface area contributed by atoms with Gasteiger partial charge in [-0.15, -0.1) is 0 Å². The van der Waals surface area contributed by atoms with Crippen molar-refractivity contribution in [3.8, 4) is 0 Å². The van der Waals surface area contributed by atoms with E-state index in [9.17, 15) is 24.8 Å². The van der Waals surface area contributed by atoms with Crippen LogP contribution in [0.2, 0.25) is 5.02 Å². The second kappa shape index (κ2) is 7.69. The van der Waals surface area contributed by atoms with Crippen molar-refractivity contribution in [2.45, 2.75) is 13.0 Å². The summed E-state index contributed by atoms with van der Waals surface area (Å²) in [5.74, 6) is -1.74. The molecular formula is C21H14ClN3O6. The maximum Gasteiger partial charge on any atom is 0.301 e. The van der Waals surface area contributed by atoms with Crippen molar-refractivity contribution >= 4 is 40.6 Å². The molecular weight excluding hydrogens is 426 g/mol. The van der Waals surface area contributed by atoms with Crippen LogP contribution in [0.1, 0.15) is 22.9 Å². The molecule has 0 radical (unpaired) electrons. The number of aliphatic hydroxyl groups excluding tert-OH is 1. The second-order valence-corrected chi connectivity index (χ2v) is 7.26. The third kappa shape index (κ3) is 3.55. The van der Waals surface area contributed by atoms with Crippen LogP contribution < -0.4 is 4.90 Å². The molecule has 1 amide bonds. The van der Waals surface area contributed by atoms with Crippen molar-refractivity contribution in [1.82, 2.24) is 5.16 Å². The van der Waals surface area contributed by atoms with Gasteiger partial charge < -0.3 is 9.63 Å². The number of hydrogen-bond acceptors (Lipinski definition) is 7. The van der Waals surface area contributed by atoms with E-state index in [4.69, 9.17) is 16.1 Å². The van der Waals surface area contributed by atoms with Gasteiger partial charge in [-0.25, -0.2) is 0 Å². The minimum atomic E-state index is -1.07. The maximum atomic E-state index is 12.9. The number of halogens is 1. The number of nitrogens with zero attached hydrogens (tertiary/aromatic N) is 3. The first kappa shape index (κ1) is 20.3. The van der Waals surface area contributed by atoms with Gasteiger partial charge in [-0.1, -0.05) is 16.8 Å². The van der Waals surface area contributed by atoms with E-state index in [1.54, 1.807) is 6.92 Å². The van der Waals surface area contributed by atoms with Crippen molar-refractivity contribution in [3.63, 3.8) is 0 Å². The normalized spacial score (nSPS) is 17.9. The smallest absolute Gasteiger partial charge is 0.301 e. The molecule has 1 fully saturated rings. The predicted molar refractivity (Wildman–Crippen MR) is 111 cm³/mol. The van der Waals surface area contributed by atoms with Gasteiger partial charge in [0, 0.05) is 28.8 Å². The first-order valence-corrected chi connectivity index (χ1v) is 9.40. The average Bonchev–Trinajstić information content (AvgIpc) is 3.29. The minimum Gasteiger partial charge on any atom is -0.507 e. The summed E-state index contributed by atoms with van der Waals surface area (Å²) >= 11 is 5.90. The Labute approximate surface area is 180 Å². The summed E-state index contributed by atoms with van der Waals surface area (Å²) in [6, 6.07) is 11.9. The highest BCUT2D eigenvalue weighted by molar-refractivity contribution is 6.51. The van der Waals surface area contributed by atoms with Crippen molar-refractivity contribution in [2.24, 2.45) is 0 Å². The molecule has 2 aromatic carbocycles. The molecule has 4 rings (SSSR count). The van der Waals surface area contributed by atoms with E-state index >= 15 is 0 Å². The van der Waals surface area contributed by atoms with Crippen LogP contribution in [0.5, 0.6) is 0 Å². The van der Waals surface area contributed by atoms with Crippen LogP contribution in [0.15, 0.2) is 64.7 Å². The van der Waals surface area contributed by atoms with Gasteiger partial charge in [0.05, 0.1) is 16.5 Å². The number of aliphatic hydroxyl groups is 1. The lowest BCUT2D eigenvalue weighted by atomic mass is 9.95. The molecule has 0 unspecified atom stereocenters. The molecule has 1 aromatic heterocycles. The zero-order valence-electron chi connectivity index (χ0n) is 16.0. The monoisotopic (exact) mass is 439 g/mol. The molecule has 0 saturated carbocycles. The van der Waals surface area contributed by atoms with Gasteiger partial charge in [-0.3, -0.25) is 24.6 Å². The summed E-state index contributed by atoms with van der Waals surface area (Å²) in [5, 5.41) is 26.2. The van der Waals surface area contributed by atoms with Crippen molar-refractivity contribution < 1.29 is 24.1 Å². The Balaban J connectivity index is 1.92. The molecule has 156 valence electrons. The zero-order valence-corrected chi connectivity index (χ0v) is 16.7. The summed E-state index contributed by atoms with van der Waals surface area (Å²) < 4.78 is 5.05. The Morgan fingerprint density at radius 2 is 1.81 bits per heavy atom. The van der Waals surface area contributed by atoms with E-state index in [2.05, 4.69) is 5.16 Å². The fourth-order valence-corrected chi connectivity index (χ4v) is 3.52. The molecule has 0 aliphatic carbocycles. The van der Waals surface area contributed by atoms with E-state index in [0.717, 1.165) is 4.90 Å². The number of non-ortho nitro benzene ring substituents is 1. The number of anilines is 1. The Morgan fingerprint density at radius 1 is 1.16 bits per heavy atom. The number of aromatic nitrogens is 1. The number of ketones is 1. The summed E-state index contributed by atoms with van der Waals surface area (Å²) in [6.45, 7) is 1.63. The lowest BCUT2D eigenvalue weighted by Crippen LogP contribution is -2.29. The first-order chi connectivity index (χ1) is 14.8. The van der Waals surface area contributed by atoms with E-state index in [1.807, 2.05) is 0 Å². The molecule has 10 heteroatoms. The Morgan fingerprint density at radius 3 is 2.35 bits per heavy atom. The number of carbonyl (C=O) groups is 2. The summed E-state index contributed by atoms with van der Waals surface area (Å²) in [5.41, 5.74) is 0.323. The number of nitro groups is 1. The highest BCUT2D eigenvalue weighted by Crippen LogP contribution is 2.42. The largest absolute Gasteiger partial charge is 0.507 e. The number of carbonyl (C=O) groups excluding carboxylic acids is 2. The number of aryl methyl sites for hydroxylation is 1. The van der Waals surface area contributed by atoms with Gasteiger partial charge in [0.1, 0.15) is 11.5 Å². The van der Waals surface area contributed by atoms with E-state index in [-0.39, 0.29) is 22.6 Å². The molecule has 3 aromatic rings. The lowest BCUT2D eigenvalue weighted by molar-refractivity contribution is -0.384. The number of benzene rings is 2. The van der Waals surface area contributed by atoms with Gasteiger partial charge in [-0.2, -0.15) is 0 Å². The van der Waals surface area contributed by atoms with Crippen molar-refractivity contribution in [3.05, 3.63) is 92.2 Å². The van der Waals surface area contributed by atoms with Gasteiger partial charge in [0.25, 0.3) is 11.5 Å². The Kier molecular flexibility index (Phi) is 5.04. The van der Waals surface area contributed by atoms with Crippen LogP contribution >= 0.6 is 11.6 Å². The van der Waals surface area contributed by atoms with Crippen molar-refractivity contribution in [1.29, 1.82) is 0 Å². The standard InChI is InChI=1S/C21H14ClN3O6/c1-11-10-16(23-31-11)24-18(12-4-8-15(9-5-12)25(29)30)17(20(27)21(24)28)19(26)13-2-6-14(22)7-3-13/h2-10,18,26H,1H3/t18-/m1/s1. The van der Waals surface area contributed by atoms with Gasteiger partial charge in [0.2, 0.25) is 0 Å². The topological polar surface area (TPSA) is 127 Å². The molecule has 0 spiro atoms. The number of nitro benzene ring substituents is 1. The molecule has 2 heterocycles. The fourth-order valence-electron chi connectivity index (χ4n) is 3.39. The van der Waals surface area contributed by atoms with Gasteiger partial charge >= 0.3 is 5.91 Å². The summed E-state index contributed by atoms with van der Waals surface area (Å²) in [4.78, 5) is 37.4. The van der Waals surface area contributed by atoms with Crippen LogP contribution in [0.25, 0.3) is 5.76 Å². The number of rotatable bonds is 4. The summed E-state index contributed by atoms with van der Waals surface area (Å²) in [6.07, 6.45) is 0. The molecule has 1 saturated heterocycles. The molecule has 0 bridgehead atoms. The van der Waals surface area contributed by atoms with Crippen LogP contribution in [-0.4, -0.2) is 26.9 Å². The van der Waals surface area contributed by atoms with Crippen LogP contribution in [0.3, 0.4) is 0 Å². The Hall–Kier alpha value is -3.98. The highest BCUT2D eigenvalue weighted by Gasteiger charge is 2.48. The molecule has 9 nitrogen and oxygen atoms in total. The molecule has 1 aliphatic rings. The number of hydrogen-bond donors (Lipinski definition) is 1. The number of Topliss-reactive ketones (excluding diaryl/α,β-unsaturated/α-hetero) is 1. The second-order valence-electron chi connectivity index (χ2n) is 6.82. The number of amides is 1. The predicted octanol–water partition coefficient (Wildman–Crippen LogP) is 4.17. The zero-order chi connectivity index (χ0) is 22.3. The van der Waals surface area contributed by atoms with Gasteiger partial charge in [0.15, 0.2) is 5.82 Å². The maximum absolute atomic E-state index is 12.9. The SMILES string of the molecule is Cc1cc(N2C(=O)C(=O)C(=C(O)c3ccc(Cl)cc3)[C@H]2c2ccc([N+](=O)[O-])cc2)no1. The van der Waals surface area contributed by atoms with Crippen LogP contribution in [0.4, 0.5) is 11.5 Å². The third-order valence-electron chi connectivity index (χ3n) is 4.84. The molecule has 1 N–H and O–H groups in total. The van der Waals surface area contributed by atoms with E-state index in [0.29, 0.717) is 16.3 Å². The fraction of sp³-hybridized carbons (Fsp3) is 0.0952. The first-order valence-electron chi connectivity index (χ1n) is 9.02. The molecule has 1 aliphatic heterocycles. The minimum absolute atomic E-state index is 0.0816. The highest BCUT2D eigenvalue weighted by atomic mass is 35.5. The molecule has 1 atom stereocenters. The Bertz CT molecular complexity index is 1230. The van der Waals surface area contributed by atoms with Gasteiger partial charge in [-0.05, 0) is 48.9 Å².